The first-order valence-corrected chi connectivity index (χ1v) is 6.33. The van der Waals surface area contributed by atoms with Crippen LogP contribution in [0.25, 0.3) is 0 Å². The highest BCUT2D eigenvalue weighted by Crippen LogP contribution is 2.20. The summed E-state index contributed by atoms with van der Waals surface area (Å²) in [5.41, 5.74) is -0.146. The normalized spacial score (nSPS) is 12.9. The van der Waals surface area contributed by atoms with E-state index in [1.54, 1.807) is 12.5 Å². The van der Waals surface area contributed by atoms with Crippen LogP contribution in [-0.4, -0.2) is 45.8 Å². The predicted octanol–water partition coefficient (Wildman–Crippen LogP) is 0.515. The molecular weight excluding hydrogens is 262 g/mol. The van der Waals surface area contributed by atoms with Gasteiger partial charge in [-0.1, -0.05) is 20.8 Å². The molecule has 0 aliphatic carbocycles. The van der Waals surface area contributed by atoms with E-state index in [1.807, 2.05) is 31.5 Å². The van der Waals surface area contributed by atoms with Crippen molar-refractivity contribution in [3.8, 4) is 0 Å². The molecule has 1 atom stereocenters. The second-order valence-electron chi connectivity index (χ2n) is 5.63. The maximum absolute atomic E-state index is 11.8. The lowest BCUT2D eigenvalue weighted by atomic mass is 9.86. The minimum absolute atomic E-state index is 0.113. The van der Waals surface area contributed by atoms with Crippen LogP contribution >= 0.6 is 0 Å². The summed E-state index contributed by atoms with van der Waals surface area (Å²) in [4.78, 5) is 26.0. The van der Waals surface area contributed by atoms with Crippen LogP contribution in [0.1, 0.15) is 20.8 Å². The van der Waals surface area contributed by atoms with Gasteiger partial charge in [0.2, 0.25) is 5.91 Å². The SMILES string of the molecule is CC(C)(C)C(Cn1ccnc1)NC(=O)COCC(=O)O. The number of carboxylic acids is 1. The molecule has 1 amide bonds. The molecule has 7 heteroatoms. The van der Waals surface area contributed by atoms with Crippen molar-refractivity contribution in [3.63, 3.8) is 0 Å². The van der Waals surface area contributed by atoms with Gasteiger partial charge in [-0.05, 0) is 5.41 Å². The zero-order chi connectivity index (χ0) is 15.2. The van der Waals surface area contributed by atoms with Gasteiger partial charge in [-0.2, -0.15) is 0 Å². The monoisotopic (exact) mass is 283 g/mol. The van der Waals surface area contributed by atoms with Gasteiger partial charge in [0.05, 0.1) is 12.4 Å². The Morgan fingerprint density at radius 1 is 1.40 bits per heavy atom. The highest BCUT2D eigenvalue weighted by atomic mass is 16.5. The number of hydrogen-bond acceptors (Lipinski definition) is 4. The molecule has 7 nitrogen and oxygen atoms in total. The number of hydrogen-bond donors (Lipinski definition) is 2. The Hall–Kier alpha value is -1.89. The van der Waals surface area contributed by atoms with Gasteiger partial charge in [0, 0.05) is 18.9 Å². The fourth-order valence-corrected chi connectivity index (χ4v) is 1.61. The lowest BCUT2D eigenvalue weighted by molar-refractivity contribution is -0.143. The lowest BCUT2D eigenvalue weighted by Crippen LogP contribution is -2.47. The van der Waals surface area contributed by atoms with Crippen LogP contribution in [0.2, 0.25) is 0 Å². The fraction of sp³-hybridized carbons (Fsp3) is 0.615. The van der Waals surface area contributed by atoms with Crippen LogP contribution in [-0.2, 0) is 20.9 Å². The minimum Gasteiger partial charge on any atom is -0.480 e. The molecule has 1 unspecified atom stereocenters. The van der Waals surface area contributed by atoms with Crippen molar-refractivity contribution in [2.24, 2.45) is 5.41 Å². The molecule has 0 saturated heterocycles. The van der Waals surface area contributed by atoms with Crippen molar-refractivity contribution in [1.82, 2.24) is 14.9 Å². The summed E-state index contributed by atoms with van der Waals surface area (Å²) in [5, 5.41) is 11.3. The molecule has 1 heterocycles. The number of nitrogens with one attached hydrogen (secondary N) is 1. The summed E-state index contributed by atoms with van der Waals surface area (Å²) in [6.07, 6.45) is 5.19. The van der Waals surface area contributed by atoms with E-state index in [9.17, 15) is 9.59 Å². The summed E-state index contributed by atoms with van der Waals surface area (Å²) in [7, 11) is 0. The fourth-order valence-electron chi connectivity index (χ4n) is 1.61. The molecule has 20 heavy (non-hydrogen) atoms. The molecule has 0 aliphatic heterocycles. The molecule has 1 aromatic rings. The Kier molecular flexibility index (Phi) is 5.69. The number of amides is 1. The highest BCUT2D eigenvalue weighted by molar-refractivity contribution is 5.78. The van der Waals surface area contributed by atoms with Gasteiger partial charge >= 0.3 is 5.97 Å². The Morgan fingerprint density at radius 2 is 2.10 bits per heavy atom. The summed E-state index contributed by atoms with van der Waals surface area (Å²) >= 11 is 0. The van der Waals surface area contributed by atoms with Crippen molar-refractivity contribution in [1.29, 1.82) is 0 Å². The summed E-state index contributed by atoms with van der Waals surface area (Å²) in [6, 6.07) is -0.113. The number of aromatic nitrogens is 2. The van der Waals surface area contributed by atoms with Crippen LogP contribution in [0.3, 0.4) is 0 Å². The molecule has 2 N–H and O–H groups in total. The van der Waals surface area contributed by atoms with E-state index in [0.29, 0.717) is 6.54 Å². The summed E-state index contributed by atoms with van der Waals surface area (Å²) in [6.45, 7) is 5.92. The third-order valence-electron chi connectivity index (χ3n) is 2.79. The Bertz CT molecular complexity index is 437. The van der Waals surface area contributed by atoms with Crippen LogP contribution < -0.4 is 5.32 Å². The summed E-state index contributed by atoms with van der Waals surface area (Å²) < 4.78 is 6.66. The zero-order valence-electron chi connectivity index (χ0n) is 12.0. The molecule has 0 aromatic carbocycles. The molecule has 0 saturated carbocycles. The topological polar surface area (TPSA) is 93.5 Å². The molecular formula is C13H21N3O4. The van der Waals surface area contributed by atoms with Gasteiger partial charge in [0.25, 0.3) is 0 Å². The van der Waals surface area contributed by atoms with Gasteiger partial charge < -0.3 is 19.7 Å². The first-order valence-electron chi connectivity index (χ1n) is 6.33. The Labute approximate surface area is 118 Å². The molecule has 0 radical (unpaired) electrons. The minimum atomic E-state index is -1.09. The van der Waals surface area contributed by atoms with Crippen molar-refractivity contribution in [2.75, 3.05) is 13.2 Å². The number of nitrogens with zero attached hydrogens (tertiary/aromatic N) is 2. The molecule has 112 valence electrons. The average molecular weight is 283 g/mol. The van der Waals surface area contributed by atoms with Crippen molar-refractivity contribution in [3.05, 3.63) is 18.7 Å². The maximum atomic E-state index is 11.8. The number of carbonyl (C=O) groups is 2. The molecule has 0 fully saturated rings. The third-order valence-corrected chi connectivity index (χ3v) is 2.79. The van der Waals surface area contributed by atoms with Gasteiger partial charge in [-0.3, -0.25) is 4.79 Å². The largest absolute Gasteiger partial charge is 0.480 e. The number of aliphatic carboxylic acids is 1. The number of rotatable bonds is 7. The lowest BCUT2D eigenvalue weighted by Gasteiger charge is -2.31. The molecule has 0 bridgehead atoms. The van der Waals surface area contributed by atoms with Crippen LogP contribution in [0, 0.1) is 5.41 Å². The van der Waals surface area contributed by atoms with Crippen molar-refractivity contribution in [2.45, 2.75) is 33.4 Å². The first-order chi connectivity index (χ1) is 9.29. The van der Waals surface area contributed by atoms with Gasteiger partial charge in [0.1, 0.15) is 13.2 Å². The number of carboxylic acid groups (broad SMARTS) is 1. The average Bonchev–Trinajstić information content (AvgIpc) is 2.79. The number of ether oxygens (including phenoxy) is 1. The zero-order valence-corrected chi connectivity index (χ0v) is 12.0. The van der Waals surface area contributed by atoms with Crippen molar-refractivity contribution < 1.29 is 19.4 Å². The molecule has 0 spiro atoms. The van der Waals surface area contributed by atoms with Crippen LogP contribution in [0.15, 0.2) is 18.7 Å². The number of carbonyl (C=O) groups excluding carboxylic acids is 1. The van der Waals surface area contributed by atoms with Crippen LogP contribution in [0.5, 0.6) is 0 Å². The molecule has 0 aliphatic rings. The second kappa shape index (κ2) is 7.04. The third kappa shape index (κ3) is 5.83. The predicted molar refractivity (Wildman–Crippen MR) is 72.1 cm³/mol. The quantitative estimate of drug-likeness (QED) is 0.760. The second-order valence-corrected chi connectivity index (χ2v) is 5.63. The summed E-state index contributed by atoms with van der Waals surface area (Å²) in [5.74, 6) is -1.42. The van der Waals surface area contributed by atoms with E-state index >= 15 is 0 Å². The molecule has 1 aromatic heterocycles. The van der Waals surface area contributed by atoms with Crippen LogP contribution in [0.4, 0.5) is 0 Å². The first kappa shape index (κ1) is 16.2. The van der Waals surface area contributed by atoms with E-state index in [2.05, 4.69) is 10.3 Å². The Balaban J connectivity index is 2.52. The highest BCUT2D eigenvalue weighted by Gasteiger charge is 2.26. The van der Waals surface area contributed by atoms with E-state index in [1.165, 1.54) is 0 Å². The molecule has 1 rings (SSSR count). The number of imidazole rings is 1. The van der Waals surface area contributed by atoms with Gasteiger partial charge in [-0.25, -0.2) is 9.78 Å². The smallest absolute Gasteiger partial charge is 0.329 e. The van der Waals surface area contributed by atoms with E-state index in [4.69, 9.17) is 9.84 Å². The van der Waals surface area contributed by atoms with E-state index in [-0.39, 0.29) is 24.0 Å². The van der Waals surface area contributed by atoms with E-state index < -0.39 is 12.6 Å². The van der Waals surface area contributed by atoms with E-state index in [0.717, 1.165) is 0 Å². The van der Waals surface area contributed by atoms with Gasteiger partial charge in [0.15, 0.2) is 0 Å². The standard InChI is InChI=1S/C13H21N3O4/c1-13(2,3)10(6-16-5-4-14-9-16)15-11(17)7-20-8-12(18)19/h4-5,9-10H,6-8H2,1-3H3,(H,15,17)(H,18,19). The van der Waals surface area contributed by atoms with Gasteiger partial charge in [-0.15, -0.1) is 0 Å². The Morgan fingerprint density at radius 3 is 2.60 bits per heavy atom. The maximum Gasteiger partial charge on any atom is 0.329 e. The van der Waals surface area contributed by atoms with Crippen molar-refractivity contribution >= 4 is 11.9 Å².